The third-order valence-corrected chi connectivity index (χ3v) is 8.39. The molecule has 3 aromatic rings. The first kappa shape index (κ1) is 37.3. The number of rotatable bonds is 12. The van der Waals surface area contributed by atoms with Crippen LogP contribution < -0.4 is 20.1 Å². The van der Waals surface area contributed by atoms with Crippen molar-refractivity contribution in [3.63, 3.8) is 0 Å². The third-order valence-electron chi connectivity index (χ3n) is 8.09. The van der Waals surface area contributed by atoms with Gasteiger partial charge in [-0.2, -0.15) is 0 Å². The average Bonchev–Trinajstić information content (AvgIpc) is 3.06. The van der Waals surface area contributed by atoms with Gasteiger partial charge in [-0.3, -0.25) is 10.1 Å². The van der Waals surface area contributed by atoms with Crippen molar-refractivity contribution in [2.45, 2.75) is 77.2 Å². The van der Waals surface area contributed by atoms with Gasteiger partial charge in [0.05, 0.1) is 24.4 Å². The number of halogens is 1. The summed E-state index contributed by atoms with van der Waals surface area (Å²) in [5.74, 6) is 0.442. The van der Waals surface area contributed by atoms with E-state index in [0.29, 0.717) is 55.6 Å². The Morgan fingerprint density at radius 2 is 1.67 bits per heavy atom. The van der Waals surface area contributed by atoms with E-state index in [-0.39, 0.29) is 42.0 Å². The molecule has 3 N–H and O–H groups in total. The molecular weight excluding hydrogens is 650 g/mol. The predicted molar refractivity (Wildman–Crippen MR) is 188 cm³/mol. The lowest BCUT2D eigenvalue weighted by molar-refractivity contribution is -0.132. The molecule has 0 aromatic heterocycles. The van der Waals surface area contributed by atoms with Gasteiger partial charge in [-0.05, 0) is 76.1 Å². The molecule has 0 unspecified atom stereocenters. The van der Waals surface area contributed by atoms with E-state index >= 15 is 0 Å². The topological polar surface area (TPSA) is 136 Å². The zero-order chi connectivity index (χ0) is 35.6. The van der Waals surface area contributed by atoms with Crippen LogP contribution in [0.4, 0.5) is 15.3 Å². The van der Waals surface area contributed by atoms with E-state index < -0.39 is 17.8 Å². The fourth-order valence-electron chi connectivity index (χ4n) is 5.48. The molecule has 1 fully saturated rings. The first-order valence-electron chi connectivity index (χ1n) is 16.3. The molecule has 264 valence electrons. The second-order valence-corrected chi connectivity index (χ2v) is 13.4. The summed E-state index contributed by atoms with van der Waals surface area (Å²) in [4.78, 5) is 39.7. The van der Waals surface area contributed by atoms with Crippen LogP contribution in [0.15, 0.2) is 60.7 Å². The highest BCUT2D eigenvalue weighted by Gasteiger charge is 2.27. The van der Waals surface area contributed by atoms with Gasteiger partial charge in [-0.25, -0.2) is 9.59 Å². The third kappa shape index (κ3) is 11.3. The number of hydrogen-bond acceptors (Lipinski definition) is 8. The maximum Gasteiger partial charge on any atom is 0.411 e. The van der Waals surface area contributed by atoms with Crippen LogP contribution in [-0.2, 0) is 27.3 Å². The Balaban J connectivity index is 1.34. The van der Waals surface area contributed by atoms with Crippen LogP contribution in [0, 0.1) is 0 Å². The zero-order valence-electron chi connectivity index (χ0n) is 28.7. The molecule has 4 rings (SSSR count). The molecule has 0 aliphatic heterocycles. The number of aliphatic hydroxyl groups is 1. The summed E-state index contributed by atoms with van der Waals surface area (Å²) in [5, 5.41) is 15.6. The molecule has 0 saturated heterocycles. The number of benzene rings is 3. The summed E-state index contributed by atoms with van der Waals surface area (Å²) < 4.78 is 22.1. The maximum absolute atomic E-state index is 13.1. The van der Waals surface area contributed by atoms with Crippen LogP contribution in [-0.4, -0.2) is 73.2 Å². The number of ether oxygens (including phenoxy) is 4. The van der Waals surface area contributed by atoms with Gasteiger partial charge in [0.1, 0.15) is 23.2 Å². The van der Waals surface area contributed by atoms with Crippen molar-refractivity contribution in [2.75, 3.05) is 32.6 Å². The van der Waals surface area contributed by atoms with Crippen molar-refractivity contribution in [3.05, 3.63) is 76.8 Å². The van der Waals surface area contributed by atoms with Gasteiger partial charge in [0.15, 0.2) is 6.61 Å². The van der Waals surface area contributed by atoms with Crippen LogP contribution in [0.2, 0.25) is 5.02 Å². The molecule has 1 saturated carbocycles. The van der Waals surface area contributed by atoms with Crippen molar-refractivity contribution >= 4 is 35.4 Å². The molecule has 0 spiro atoms. The van der Waals surface area contributed by atoms with Crippen molar-refractivity contribution in [2.24, 2.45) is 0 Å². The highest BCUT2D eigenvalue weighted by Crippen LogP contribution is 2.33. The molecule has 1 aliphatic rings. The smallest absolute Gasteiger partial charge is 0.411 e. The minimum Gasteiger partial charge on any atom is -0.496 e. The van der Waals surface area contributed by atoms with Gasteiger partial charge in [0.2, 0.25) is 0 Å². The lowest BCUT2D eigenvalue weighted by atomic mass is 9.93. The van der Waals surface area contributed by atoms with Crippen LogP contribution in [0.5, 0.6) is 11.5 Å². The molecule has 3 aromatic carbocycles. The minimum absolute atomic E-state index is 0.0320. The number of aliphatic hydroxyl groups excluding tert-OH is 1. The van der Waals surface area contributed by atoms with Gasteiger partial charge < -0.3 is 34.3 Å². The molecule has 3 amide bonds. The lowest BCUT2D eigenvalue weighted by Crippen LogP contribution is -2.42. The van der Waals surface area contributed by atoms with Gasteiger partial charge in [-0.15, -0.1) is 0 Å². The molecular formula is C37H46ClN3O8. The molecule has 1 aliphatic carbocycles. The standard InChI is InChI=1S/C37H46ClN3O8/c1-37(2,3)49-36(45)39-27-12-14-28(15-13-27)48-35(44)40-31-19-24(11-16-29(31)25-9-7-6-8-10-25)17-18-41(4)34(43)23-47-33-21-32(46-5)26(22-42)20-30(33)38/h6-11,16,19-21,27-28,42H,12-15,17-18,22-23H2,1-5H3,(H,39,45)(H,40,44). The number of hydrogen-bond donors (Lipinski definition) is 3. The molecule has 11 nitrogen and oxygen atoms in total. The van der Waals surface area contributed by atoms with E-state index in [4.69, 9.17) is 30.5 Å². The summed E-state index contributed by atoms with van der Waals surface area (Å²) >= 11 is 6.27. The Kier molecular flexibility index (Phi) is 13.2. The molecule has 49 heavy (non-hydrogen) atoms. The Morgan fingerprint density at radius 3 is 2.33 bits per heavy atom. The van der Waals surface area contributed by atoms with Crippen LogP contribution >= 0.6 is 11.6 Å². The number of nitrogens with zero attached hydrogens (tertiary/aromatic N) is 1. The van der Waals surface area contributed by atoms with E-state index in [9.17, 15) is 19.5 Å². The Bertz CT molecular complexity index is 1590. The van der Waals surface area contributed by atoms with E-state index in [1.165, 1.54) is 7.11 Å². The quantitative estimate of drug-likeness (QED) is 0.185. The van der Waals surface area contributed by atoms with E-state index in [2.05, 4.69) is 10.6 Å². The van der Waals surface area contributed by atoms with Crippen molar-refractivity contribution in [3.8, 4) is 22.6 Å². The SMILES string of the molecule is COc1cc(OCC(=O)N(C)CCc2ccc(-c3ccccc3)c(NC(=O)OC3CCC(NC(=O)OC(C)(C)C)CC3)c2)c(Cl)cc1CO. The normalized spacial score (nSPS) is 15.9. The van der Waals surface area contributed by atoms with Gasteiger partial charge in [0, 0.05) is 36.8 Å². The van der Waals surface area contributed by atoms with Crippen LogP contribution in [0.25, 0.3) is 11.1 Å². The highest BCUT2D eigenvalue weighted by molar-refractivity contribution is 6.32. The molecule has 0 atom stereocenters. The summed E-state index contributed by atoms with van der Waals surface area (Å²) in [7, 11) is 3.16. The number of carbonyl (C=O) groups excluding carboxylic acids is 3. The van der Waals surface area contributed by atoms with Crippen molar-refractivity contribution in [1.82, 2.24) is 10.2 Å². The Labute approximate surface area is 292 Å². The summed E-state index contributed by atoms with van der Waals surface area (Å²) in [5.41, 5.74) is 3.23. The molecule has 0 bridgehead atoms. The minimum atomic E-state index is -0.568. The van der Waals surface area contributed by atoms with Gasteiger partial charge >= 0.3 is 12.2 Å². The number of nitrogens with one attached hydrogen (secondary N) is 2. The first-order chi connectivity index (χ1) is 23.3. The Morgan fingerprint density at radius 1 is 0.959 bits per heavy atom. The van der Waals surface area contributed by atoms with Crippen LogP contribution in [0.1, 0.15) is 57.6 Å². The summed E-state index contributed by atoms with van der Waals surface area (Å²) in [6, 6.07) is 18.6. The largest absolute Gasteiger partial charge is 0.496 e. The summed E-state index contributed by atoms with van der Waals surface area (Å²) in [6.07, 6.45) is 1.86. The number of anilines is 1. The monoisotopic (exact) mass is 695 g/mol. The molecule has 12 heteroatoms. The van der Waals surface area contributed by atoms with Crippen molar-refractivity contribution in [1.29, 1.82) is 0 Å². The number of likely N-dealkylation sites (N-methyl/N-ethyl adjacent to an activating group) is 1. The summed E-state index contributed by atoms with van der Waals surface area (Å²) in [6.45, 7) is 5.39. The number of methoxy groups -OCH3 is 1. The average molecular weight is 696 g/mol. The molecule has 0 radical (unpaired) electrons. The van der Waals surface area contributed by atoms with E-state index in [1.807, 2.05) is 69.3 Å². The predicted octanol–water partition coefficient (Wildman–Crippen LogP) is 6.97. The maximum atomic E-state index is 13.1. The van der Waals surface area contributed by atoms with Crippen LogP contribution in [0.3, 0.4) is 0 Å². The van der Waals surface area contributed by atoms with Gasteiger partial charge in [0.25, 0.3) is 5.91 Å². The first-order valence-corrected chi connectivity index (χ1v) is 16.7. The van der Waals surface area contributed by atoms with E-state index in [1.54, 1.807) is 24.1 Å². The highest BCUT2D eigenvalue weighted by atomic mass is 35.5. The van der Waals surface area contributed by atoms with E-state index in [0.717, 1.165) is 16.7 Å². The lowest BCUT2D eigenvalue weighted by Gasteiger charge is -2.30. The number of alkyl carbamates (subject to hydrolysis) is 1. The Hall–Kier alpha value is -4.48. The number of amides is 3. The fraction of sp³-hybridized carbons (Fsp3) is 0.432. The number of carbonyl (C=O) groups is 3. The fourth-order valence-corrected chi connectivity index (χ4v) is 5.72. The molecule has 0 heterocycles. The second kappa shape index (κ2) is 17.3. The van der Waals surface area contributed by atoms with Gasteiger partial charge in [-0.1, -0.05) is 54.1 Å². The second-order valence-electron chi connectivity index (χ2n) is 13.0. The zero-order valence-corrected chi connectivity index (χ0v) is 29.5. The van der Waals surface area contributed by atoms with Crippen molar-refractivity contribution < 1.29 is 38.4 Å².